The van der Waals surface area contributed by atoms with Gasteiger partial charge in [0.05, 0.1) is 0 Å². The van der Waals surface area contributed by atoms with Gasteiger partial charge in [0.15, 0.2) is 0 Å². The Morgan fingerprint density at radius 2 is 1.38 bits per heavy atom. The van der Waals surface area contributed by atoms with Crippen LogP contribution in [0.1, 0.15) is 27.7 Å². The molecule has 0 aliphatic carbocycles. The van der Waals surface area contributed by atoms with E-state index in [0.717, 1.165) is 0 Å². The normalized spacial score (nSPS) is 14.6. The van der Waals surface area contributed by atoms with Crippen molar-refractivity contribution in [1.29, 1.82) is 0 Å². The summed E-state index contributed by atoms with van der Waals surface area (Å²) < 4.78 is 0. The third-order valence-corrected chi connectivity index (χ3v) is 1.37. The summed E-state index contributed by atoms with van der Waals surface area (Å²) in [6.45, 7) is 8.44. The second-order valence-electron chi connectivity index (χ2n) is 3.15. The van der Waals surface area contributed by atoms with E-state index >= 15 is 0 Å². The van der Waals surface area contributed by atoms with Crippen molar-refractivity contribution in [3.8, 4) is 0 Å². The molecule has 0 aliphatic rings. The highest BCUT2D eigenvalue weighted by atomic mass is 35.5. The zero-order valence-corrected chi connectivity index (χ0v) is 6.88. The van der Waals surface area contributed by atoms with E-state index in [1.54, 1.807) is 0 Å². The maximum Gasteiger partial charge on any atom is 0.00591 e. The quantitative estimate of drug-likeness (QED) is 0.542. The highest BCUT2D eigenvalue weighted by molar-refractivity contribution is 5.85. The van der Waals surface area contributed by atoms with Gasteiger partial charge in [-0.15, -0.1) is 12.4 Å². The molecule has 1 nitrogen and oxygen atoms in total. The van der Waals surface area contributed by atoms with E-state index in [-0.39, 0.29) is 17.8 Å². The first kappa shape index (κ1) is 11.1. The Morgan fingerprint density at radius 1 is 1.25 bits per heavy atom. The van der Waals surface area contributed by atoms with Crippen molar-refractivity contribution < 1.29 is 0 Å². The molecule has 8 heavy (non-hydrogen) atoms. The third kappa shape index (κ3) is 4.41. The van der Waals surface area contributed by atoms with E-state index in [2.05, 4.69) is 20.8 Å². The van der Waals surface area contributed by atoms with Gasteiger partial charge in [0.1, 0.15) is 0 Å². The van der Waals surface area contributed by atoms with Crippen LogP contribution in [0.3, 0.4) is 0 Å². The molecule has 0 aromatic rings. The molecule has 1 atom stereocenters. The fourth-order valence-corrected chi connectivity index (χ4v) is 0. The third-order valence-electron chi connectivity index (χ3n) is 1.37. The van der Waals surface area contributed by atoms with E-state index < -0.39 is 0 Å². The summed E-state index contributed by atoms with van der Waals surface area (Å²) in [5.41, 5.74) is 5.85. The molecule has 0 fully saturated rings. The molecule has 0 aromatic heterocycles. The fourth-order valence-electron chi connectivity index (χ4n) is 0. The monoisotopic (exact) mass is 137 g/mol. The van der Waals surface area contributed by atoms with Crippen LogP contribution in [0.25, 0.3) is 0 Å². The Morgan fingerprint density at radius 3 is 1.38 bits per heavy atom. The molecule has 0 aromatic carbocycles. The van der Waals surface area contributed by atoms with E-state index in [9.17, 15) is 0 Å². The van der Waals surface area contributed by atoms with Gasteiger partial charge in [-0.05, 0) is 12.3 Å². The van der Waals surface area contributed by atoms with Crippen LogP contribution in [-0.2, 0) is 0 Å². The van der Waals surface area contributed by atoms with Crippen molar-refractivity contribution in [1.82, 2.24) is 0 Å². The van der Waals surface area contributed by atoms with Gasteiger partial charge in [-0.2, -0.15) is 0 Å². The Hall–Kier alpha value is 0.250. The van der Waals surface area contributed by atoms with Gasteiger partial charge >= 0.3 is 0 Å². The van der Waals surface area contributed by atoms with Crippen molar-refractivity contribution in [3.63, 3.8) is 0 Å². The zero-order chi connectivity index (χ0) is 6.08. The van der Waals surface area contributed by atoms with E-state index in [1.807, 2.05) is 6.92 Å². The molecular formula is C6H16ClN. The molecule has 0 saturated carbocycles. The highest BCUT2D eigenvalue weighted by Crippen LogP contribution is 2.15. The molecule has 2 N–H and O–H groups in total. The Balaban J connectivity index is 0. The van der Waals surface area contributed by atoms with Crippen molar-refractivity contribution in [2.45, 2.75) is 33.7 Å². The lowest BCUT2D eigenvalue weighted by molar-refractivity contribution is 0.340. The number of halogens is 1. The maximum atomic E-state index is 5.57. The summed E-state index contributed by atoms with van der Waals surface area (Å²) in [7, 11) is 0. The molecule has 52 valence electrons. The number of rotatable bonds is 0. The van der Waals surface area contributed by atoms with Gasteiger partial charge in [0.25, 0.3) is 0 Å². The van der Waals surface area contributed by atoms with Crippen molar-refractivity contribution in [2.24, 2.45) is 11.1 Å². The van der Waals surface area contributed by atoms with Crippen LogP contribution in [0.4, 0.5) is 0 Å². The topological polar surface area (TPSA) is 26.0 Å². The standard InChI is InChI=1S/C6H15N.ClH/c1-5(7)6(2,3)4;/h5H,7H2,1-4H3;1H. The number of nitrogens with two attached hydrogens (primary N) is 1. The minimum Gasteiger partial charge on any atom is -0.327 e. The van der Waals surface area contributed by atoms with Crippen LogP contribution in [0.5, 0.6) is 0 Å². The van der Waals surface area contributed by atoms with Gasteiger partial charge in [0, 0.05) is 6.04 Å². The lowest BCUT2D eigenvalue weighted by atomic mass is 9.89. The summed E-state index contributed by atoms with van der Waals surface area (Å²) >= 11 is 0. The van der Waals surface area contributed by atoms with E-state index in [0.29, 0.717) is 6.04 Å². The first-order valence-corrected chi connectivity index (χ1v) is 2.70. The van der Waals surface area contributed by atoms with E-state index in [4.69, 9.17) is 5.73 Å². The minimum atomic E-state index is 0. The maximum absolute atomic E-state index is 5.57. The van der Waals surface area contributed by atoms with Crippen LogP contribution in [0.2, 0.25) is 0 Å². The molecule has 0 bridgehead atoms. The average molecular weight is 138 g/mol. The predicted molar refractivity (Wildman–Crippen MR) is 40.4 cm³/mol. The Labute approximate surface area is 58.1 Å². The lowest BCUT2D eigenvalue weighted by Gasteiger charge is -2.22. The molecule has 0 radical (unpaired) electrons. The van der Waals surface area contributed by atoms with Gasteiger partial charge in [-0.3, -0.25) is 0 Å². The van der Waals surface area contributed by atoms with Gasteiger partial charge in [0.2, 0.25) is 0 Å². The largest absolute Gasteiger partial charge is 0.327 e. The molecule has 2 heteroatoms. The molecule has 0 heterocycles. The highest BCUT2D eigenvalue weighted by Gasteiger charge is 2.14. The summed E-state index contributed by atoms with van der Waals surface area (Å²) in [5, 5.41) is 0. The zero-order valence-electron chi connectivity index (χ0n) is 6.06. The van der Waals surface area contributed by atoms with E-state index in [1.165, 1.54) is 0 Å². The smallest absolute Gasteiger partial charge is 0.00591 e. The first-order chi connectivity index (χ1) is 2.94. The molecule has 0 aliphatic heterocycles. The first-order valence-electron chi connectivity index (χ1n) is 2.70. The number of hydrogen-bond acceptors (Lipinski definition) is 1. The Bertz CT molecular complexity index is 54.0. The van der Waals surface area contributed by atoms with Gasteiger partial charge in [-0.1, -0.05) is 20.8 Å². The second kappa shape index (κ2) is 3.31. The van der Waals surface area contributed by atoms with Crippen LogP contribution in [-0.4, -0.2) is 6.04 Å². The van der Waals surface area contributed by atoms with Gasteiger partial charge < -0.3 is 5.73 Å². The summed E-state index contributed by atoms with van der Waals surface area (Å²) in [6, 6.07) is 0.299. The summed E-state index contributed by atoms with van der Waals surface area (Å²) in [6.07, 6.45) is 0. The van der Waals surface area contributed by atoms with Crippen LogP contribution in [0.15, 0.2) is 0 Å². The van der Waals surface area contributed by atoms with Crippen molar-refractivity contribution in [3.05, 3.63) is 0 Å². The van der Waals surface area contributed by atoms with Gasteiger partial charge in [-0.25, -0.2) is 0 Å². The minimum absolute atomic E-state index is 0. The molecule has 0 rings (SSSR count). The predicted octanol–water partition coefficient (Wildman–Crippen LogP) is 1.80. The number of hydrogen-bond donors (Lipinski definition) is 1. The van der Waals surface area contributed by atoms with Crippen LogP contribution in [0, 0.1) is 5.41 Å². The second-order valence-corrected chi connectivity index (χ2v) is 3.15. The van der Waals surface area contributed by atoms with Crippen LogP contribution >= 0.6 is 12.4 Å². The molecule has 0 saturated heterocycles. The fraction of sp³-hybridized carbons (Fsp3) is 1.00. The van der Waals surface area contributed by atoms with Crippen molar-refractivity contribution in [2.75, 3.05) is 0 Å². The average Bonchev–Trinajstić information content (AvgIpc) is 1.31. The molecule has 1 unspecified atom stereocenters. The van der Waals surface area contributed by atoms with Crippen LogP contribution < -0.4 is 5.73 Å². The SMILES string of the molecule is CC(N)C(C)(C)C.Cl. The Kier molecular flexibility index (Phi) is 4.59. The lowest BCUT2D eigenvalue weighted by Crippen LogP contribution is -2.31. The summed E-state index contributed by atoms with van der Waals surface area (Å²) in [4.78, 5) is 0. The van der Waals surface area contributed by atoms with Crippen molar-refractivity contribution >= 4 is 12.4 Å². The summed E-state index contributed by atoms with van der Waals surface area (Å²) in [5.74, 6) is 0. The molecule has 0 spiro atoms. The molecular weight excluding hydrogens is 122 g/mol. The molecule has 0 amide bonds.